The highest BCUT2D eigenvalue weighted by Crippen LogP contribution is 2.32. The zero-order valence-corrected chi connectivity index (χ0v) is 8.72. The van der Waals surface area contributed by atoms with Gasteiger partial charge in [0.2, 0.25) is 0 Å². The lowest BCUT2D eigenvalue weighted by atomic mass is 9.51. The predicted molar refractivity (Wildman–Crippen MR) is 66.6 cm³/mol. The fourth-order valence-corrected chi connectivity index (χ4v) is 2.27. The molecule has 0 aromatic heterocycles. The van der Waals surface area contributed by atoms with Crippen molar-refractivity contribution in [2.75, 3.05) is 4.81 Å². The van der Waals surface area contributed by atoms with Gasteiger partial charge in [0.05, 0.1) is 0 Å². The smallest absolute Gasteiger partial charge is 0.315 e. The van der Waals surface area contributed by atoms with Crippen molar-refractivity contribution in [1.82, 2.24) is 0 Å². The van der Waals surface area contributed by atoms with Crippen LogP contribution in [0, 0.1) is 0 Å². The van der Waals surface area contributed by atoms with Crippen LogP contribution in [-0.4, -0.2) is 6.85 Å². The predicted octanol–water partition coefficient (Wildman–Crippen LogP) is 3.06. The minimum Gasteiger partial charge on any atom is -0.383 e. The summed E-state index contributed by atoms with van der Waals surface area (Å²) < 4.78 is 0. The molecule has 3 rings (SSSR count). The Hall–Kier alpha value is -1.70. The van der Waals surface area contributed by atoms with E-state index >= 15 is 0 Å². The second-order valence-corrected chi connectivity index (χ2v) is 4.03. The van der Waals surface area contributed by atoms with Crippen LogP contribution in [0.4, 0.5) is 5.69 Å². The Morgan fingerprint density at radius 3 is 2.93 bits per heavy atom. The molecule has 0 amide bonds. The monoisotopic (exact) mass is 193 g/mol. The maximum absolute atomic E-state index is 2.32. The summed E-state index contributed by atoms with van der Waals surface area (Å²) in [6.07, 6.45) is 8.64. The van der Waals surface area contributed by atoms with E-state index in [4.69, 9.17) is 0 Å². The van der Waals surface area contributed by atoms with E-state index in [9.17, 15) is 0 Å². The number of hydrogen-bond donors (Lipinski definition) is 0. The lowest BCUT2D eigenvalue weighted by Crippen LogP contribution is -2.38. The van der Waals surface area contributed by atoms with Gasteiger partial charge in [-0.15, -0.1) is 0 Å². The molecule has 15 heavy (non-hydrogen) atoms. The van der Waals surface area contributed by atoms with E-state index in [0.717, 1.165) is 0 Å². The van der Waals surface area contributed by atoms with Gasteiger partial charge in [-0.25, -0.2) is 0 Å². The van der Waals surface area contributed by atoms with Gasteiger partial charge in [0, 0.05) is 5.69 Å². The van der Waals surface area contributed by atoms with Crippen molar-refractivity contribution in [3.05, 3.63) is 59.6 Å². The molecule has 0 fully saturated rings. The van der Waals surface area contributed by atoms with E-state index in [1.165, 1.54) is 16.7 Å². The third kappa shape index (κ3) is 1.25. The first kappa shape index (κ1) is 8.60. The van der Waals surface area contributed by atoms with Crippen LogP contribution >= 0.6 is 0 Å². The number of rotatable bonds is 0. The molecule has 2 heterocycles. The van der Waals surface area contributed by atoms with Crippen LogP contribution in [0.5, 0.6) is 0 Å². The Bertz CT molecular complexity index is 485. The molecular formula is C13H12BN. The average molecular weight is 193 g/mol. The summed E-state index contributed by atoms with van der Waals surface area (Å²) in [5, 5.41) is 0. The minimum atomic E-state index is 0.407. The summed E-state index contributed by atoms with van der Waals surface area (Å²) in [5.41, 5.74) is 4.01. The van der Waals surface area contributed by atoms with Gasteiger partial charge >= 0.3 is 6.85 Å². The fraction of sp³-hybridized carbons (Fsp3) is 0.0769. The lowest BCUT2D eigenvalue weighted by Gasteiger charge is -2.33. The van der Waals surface area contributed by atoms with Crippen molar-refractivity contribution in [2.45, 2.75) is 6.92 Å². The topological polar surface area (TPSA) is 3.24 Å². The quantitative estimate of drug-likeness (QED) is 0.572. The van der Waals surface area contributed by atoms with Gasteiger partial charge in [0.15, 0.2) is 0 Å². The normalized spacial score (nSPS) is 17.3. The van der Waals surface area contributed by atoms with Crippen molar-refractivity contribution in [1.29, 1.82) is 0 Å². The highest BCUT2D eigenvalue weighted by Gasteiger charge is 2.27. The number of hydrogen-bond acceptors (Lipinski definition) is 1. The number of fused-ring (bicyclic) bond motifs is 3. The van der Waals surface area contributed by atoms with E-state index in [1.54, 1.807) is 0 Å². The van der Waals surface area contributed by atoms with Crippen LogP contribution in [0.25, 0.3) is 6.08 Å². The maximum Gasteiger partial charge on any atom is 0.315 e. The van der Waals surface area contributed by atoms with Gasteiger partial charge < -0.3 is 4.81 Å². The first-order valence-electron chi connectivity index (χ1n) is 5.27. The van der Waals surface area contributed by atoms with Crippen LogP contribution in [0.15, 0.2) is 54.1 Å². The van der Waals surface area contributed by atoms with Crippen LogP contribution in [0.2, 0.25) is 0 Å². The van der Waals surface area contributed by atoms with Crippen LogP contribution < -0.4 is 4.81 Å². The number of para-hydroxylation sites is 1. The van der Waals surface area contributed by atoms with Crippen LogP contribution in [0.1, 0.15) is 12.5 Å². The molecule has 0 N–H and O–H groups in total. The third-order valence-electron chi connectivity index (χ3n) is 3.02. The Morgan fingerprint density at radius 1 is 1.13 bits per heavy atom. The highest BCUT2D eigenvalue weighted by molar-refractivity contribution is 6.77. The van der Waals surface area contributed by atoms with E-state index in [-0.39, 0.29) is 0 Å². The van der Waals surface area contributed by atoms with Gasteiger partial charge in [-0.3, -0.25) is 0 Å². The molecule has 0 spiro atoms. The Labute approximate surface area is 90.5 Å². The molecule has 1 nitrogen and oxygen atoms in total. The molecule has 0 aliphatic carbocycles. The first-order valence-corrected chi connectivity index (χ1v) is 5.27. The molecule has 1 aromatic carbocycles. The summed E-state index contributed by atoms with van der Waals surface area (Å²) in [5.74, 6) is 2.24. The van der Waals surface area contributed by atoms with Gasteiger partial charge in [0.25, 0.3) is 0 Å². The summed E-state index contributed by atoms with van der Waals surface area (Å²) in [7, 11) is 0. The second kappa shape index (κ2) is 3.16. The molecule has 0 atom stereocenters. The van der Waals surface area contributed by atoms with Crippen molar-refractivity contribution >= 4 is 18.6 Å². The molecule has 0 saturated carbocycles. The van der Waals surface area contributed by atoms with Gasteiger partial charge in [-0.05, 0) is 30.8 Å². The van der Waals surface area contributed by atoms with Crippen LogP contribution in [-0.2, 0) is 0 Å². The summed E-state index contributed by atoms with van der Waals surface area (Å²) in [4.78, 5) is 2.32. The Balaban J connectivity index is 2.20. The molecular weight excluding hydrogens is 181 g/mol. The second-order valence-electron chi connectivity index (χ2n) is 4.03. The molecule has 0 unspecified atom stereocenters. The van der Waals surface area contributed by atoms with Gasteiger partial charge in [-0.2, -0.15) is 0 Å². The molecule has 2 heteroatoms. The lowest BCUT2D eigenvalue weighted by molar-refractivity contribution is 1.33. The molecule has 2 aliphatic rings. The molecule has 1 aromatic rings. The molecule has 0 bridgehead atoms. The molecule has 0 radical (unpaired) electrons. The fourth-order valence-electron chi connectivity index (χ4n) is 2.27. The number of nitrogens with zero attached hydrogens (tertiary/aromatic N) is 1. The SMILES string of the molecule is CC1=Cc2ccccc2N2C=CC=CB12. The zero-order valence-electron chi connectivity index (χ0n) is 8.72. The molecule has 0 saturated heterocycles. The Kier molecular flexibility index (Phi) is 1.81. The summed E-state index contributed by atoms with van der Waals surface area (Å²) in [6, 6.07) is 8.53. The zero-order chi connectivity index (χ0) is 10.3. The number of allylic oxidation sites excluding steroid dienone is 3. The highest BCUT2D eigenvalue weighted by atomic mass is 15.1. The number of anilines is 1. The van der Waals surface area contributed by atoms with E-state index in [1.807, 2.05) is 0 Å². The largest absolute Gasteiger partial charge is 0.383 e. The third-order valence-corrected chi connectivity index (χ3v) is 3.02. The number of benzene rings is 1. The standard InChI is InChI=1S/C13H12BN/c1-11-10-12-6-2-3-7-13(12)15-9-5-4-8-14(11)15/h2-10H,1H3. The first-order chi connectivity index (χ1) is 7.36. The van der Waals surface area contributed by atoms with Crippen molar-refractivity contribution in [2.24, 2.45) is 0 Å². The minimum absolute atomic E-state index is 0.407. The van der Waals surface area contributed by atoms with Crippen molar-refractivity contribution in [3.8, 4) is 0 Å². The maximum atomic E-state index is 2.32. The van der Waals surface area contributed by atoms with E-state index in [0.29, 0.717) is 6.85 Å². The van der Waals surface area contributed by atoms with Gasteiger partial charge in [-0.1, -0.05) is 41.8 Å². The molecule has 2 aliphatic heterocycles. The summed E-state index contributed by atoms with van der Waals surface area (Å²) >= 11 is 0. The van der Waals surface area contributed by atoms with Crippen molar-refractivity contribution in [3.63, 3.8) is 0 Å². The average Bonchev–Trinajstić information content (AvgIpc) is 2.30. The van der Waals surface area contributed by atoms with E-state index < -0.39 is 0 Å². The van der Waals surface area contributed by atoms with E-state index in [2.05, 4.69) is 66.4 Å². The summed E-state index contributed by atoms with van der Waals surface area (Å²) in [6.45, 7) is 2.60. The van der Waals surface area contributed by atoms with Crippen LogP contribution in [0.3, 0.4) is 0 Å². The van der Waals surface area contributed by atoms with Gasteiger partial charge in [0.1, 0.15) is 0 Å². The molecule has 72 valence electrons. The Morgan fingerprint density at radius 2 is 2.00 bits per heavy atom. The van der Waals surface area contributed by atoms with Crippen molar-refractivity contribution < 1.29 is 0 Å².